The Hall–Kier alpha value is -2.77. The van der Waals surface area contributed by atoms with Gasteiger partial charge in [-0.2, -0.15) is 0 Å². The first-order chi connectivity index (χ1) is 15.8. The zero-order chi connectivity index (χ0) is 23.5. The van der Waals surface area contributed by atoms with Crippen molar-refractivity contribution in [1.29, 1.82) is 0 Å². The summed E-state index contributed by atoms with van der Waals surface area (Å²) in [7, 11) is 0. The number of benzene rings is 3. The molecular formula is C24H14Cl3NO4S. The standard InChI is InChI=1S/C24H14Cl3NO4S/c25-17-8-6-15(7-9-17)23(30)32-20-4-2-1-3-16(20)12-21-22(29)28(24(31)33-21)13-14-5-10-18(26)19(27)11-14/h1-12H,13H2/b21-12-. The molecule has 9 heteroatoms. The summed E-state index contributed by atoms with van der Waals surface area (Å²) >= 11 is 18.6. The molecule has 1 aliphatic heterocycles. The molecule has 33 heavy (non-hydrogen) atoms. The van der Waals surface area contributed by atoms with Crippen LogP contribution >= 0.6 is 46.6 Å². The Kier molecular flexibility index (Phi) is 7.10. The molecule has 0 bridgehead atoms. The number of amides is 2. The van der Waals surface area contributed by atoms with E-state index in [1.165, 1.54) is 6.08 Å². The van der Waals surface area contributed by atoms with Crippen molar-refractivity contribution < 1.29 is 19.1 Å². The van der Waals surface area contributed by atoms with E-state index in [1.807, 2.05) is 0 Å². The average Bonchev–Trinajstić information content (AvgIpc) is 3.05. The van der Waals surface area contributed by atoms with Gasteiger partial charge in [0.2, 0.25) is 0 Å². The van der Waals surface area contributed by atoms with Crippen LogP contribution in [0.1, 0.15) is 21.5 Å². The van der Waals surface area contributed by atoms with Crippen LogP contribution in [0.3, 0.4) is 0 Å². The van der Waals surface area contributed by atoms with Gasteiger partial charge in [0.25, 0.3) is 11.1 Å². The van der Waals surface area contributed by atoms with Gasteiger partial charge in [-0.3, -0.25) is 14.5 Å². The fraction of sp³-hybridized carbons (Fsp3) is 0.0417. The largest absolute Gasteiger partial charge is 0.422 e. The Morgan fingerprint density at radius 1 is 0.939 bits per heavy atom. The quantitative estimate of drug-likeness (QED) is 0.205. The summed E-state index contributed by atoms with van der Waals surface area (Å²) in [4.78, 5) is 39.2. The second kappa shape index (κ2) is 10.0. The van der Waals surface area contributed by atoms with Crippen LogP contribution in [0, 0.1) is 0 Å². The molecule has 1 fully saturated rings. The number of imide groups is 1. The number of carbonyl (C=O) groups is 3. The molecule has 166 valence electrons. The Labute approximate surface area is 208 Å². The molecule has 0 saturated carbocycles. The van der Waals surface area contributed by atoms with Crippen molar-refractivity contribution in [2.45, 2.75) is 6.54 Å². The van der Waals surface area contributed by atoms with Crippen molar-refractivity contribution in [3.63, 3.8) is 0 Å². The van der Waals surface area contributed by atoms with Gasteiger partial charge in [0.15, 0.2) is 0 Å². The Balaban J connectivity index is 1.55. The van der Waals surface area contributed by atoms with Gasteiger partial charge >= 0.3 is 5.97 Å². The second-order valence-electron chi connectivity index (χ2n) is 6.95. The molecule has 0 atom stereocenters. The van der Waals surface area contributed by atoms with E-state index in [2.05, 4.69) is 0 Å². The number of nitrogens with zero attached hydrogens (tertiary/aromatic N) is 1. The number of hydrogen-bond donors (Lipinski definition) is 0. The number of rotatable bonds is 5. The summed E-state index contributed by atoms with van der Waals surface area (Å²) in [6, 6.07) is 18.0. The number of thioether (sulfide) groups is 1. The highest BCUT2D eigenvalue weighted by Crippen LogP contribution is 2.35. The van der Waals surface area contributed by atoms with Crippen molar-refractivity contribution in [1.82, 2.24) is 4.90 Å². The minimum atomic E-state index is -0.569. The average molecular weight is 519 g/mol. The van der Waals surface area contributed by atoms with Crippen molar-refractivity contribution in [3.8, 4) is 5.75 Å². The normalized spacial score (nSPS) is 14.8. The third-order valence-corrected chi connectivity index (χ3v) is 6.58. The third kappa shape index (κ3) is 5.42. The molecule has 1 heterocycles. The van der Waals surface area contributed by atoms with E-state index in [1.54, 1.807) is 66.7 Å². The first-order valence-electron chi connectivity index (χ1n) is 9.58. The van der Waals surface area contributed by atoms with E-state index in [4.69, 9.17) is 39.5 Å². The smallest absolute Gasteiger partial charge is 0.343 e. The van der Waals surface area contributed by atoms with Gasteiger partial charge in [-0.05, 0) is 65.9 Å². The lowest BCUT2D eigenvalue weighted by atomic mass is 10.1. The van der Waals surface area contributed by atoms with Gasteiger partial charge in [0, 0.05) is 10.6 Å². The van der Waals surface area contributed by atoms with Gasteiger partial charge in [-0.15, -0.1) is 0 Å². The first-order valence-corrected chi connectivity index (χ1v) is 11.5. The van der Waals surface area contributed by atoms with Gasteiger partial charge < -0.3 is 4.74 Å². The molecule has 5 nitrogen and oxygen atoms in total. The lowest BCUT2D eigenvalue weighted by Crippen LogP contribution is -2.27. The van der Waals surface area contributed by atoms with Crippen LogP contribution in [0.5, 0.6) is 5.75 Å². The van der Waals surface area contributed by atoms with Gasteiger partial charge in [0.05, 0.1) is 27.1 Å². The fourth-order valence-corrected chi connectivity index (χ4v) is 4.31. The van der Waals surface area contributed by atoms with Crippen molar-refractivity contribution in [2.75, 3.05) is 0 Å². The van der Waals surface area contributed by atoms with E-state index in [-0.39, 0.29) is 17.2 Å². The summed E-state index contributed by atoms with van der Waals surface area (Å²) in [5.74, 6) is -0.760. The Bertz CT molecular complexity index is 1290. The highest BCUT2D eigenvalue weighted by atomic mass is 35.5. The van der Waals surface area contributed by atoms with Gasteiger partial charge in [-0.25, -0.2) is 4.79 Å². The zero-order valence-corrected chi connectivity index (χ0v) is 19.8. The number of hydrogen-bond acceptors (Lipinski definition) is 5. The molecule has 0 unspecified atom stereocenters. The van der Waals surface area contributed by atoms with E-state index in [9.17, 15) is 14.4 Å². The summed E-state index contributed by atoms with van der Waals surface area (Å²) in [6.45, 7) is 0.0616. The lowest BCUT2D eigenvalue weighted by Gasteiger charge is -2.13. The Morgan fingerprint density at radius 3 is 2.39 bits per heavy atom. The molecule has 1 aliphatic rings. The maximum absolute atomic E-state index is 12.9. The molecule has 3 aromatic carbocycles. The molecule has 1 saturated heterocycles. The minimum absolute atomic E-state index is 0.0616. The van der Waals surface area contributed by atoms with Crippen LogP contribution in [0.2, 0.25) is 15.1 Å². The number of ether oxygens (including phenoxy) is 1. The van der Waals surface area contributed by atoms with Crippen molar-refractivity contribution in [3.05, 3.63) is 103 Å². The predicted octanol–water partition coefficient (Wildman–Crippen LogP) is 7.10. The minimum Gasteiger partial charge on any atom is -0.422 e. The zero-order valence-electron chi connectivity index (χ0n) is 16.8. The summed E-state index contributed by atoms with van der Waals surface area (Å²) in [5, 5.41) is 0.823. The molecule has 0 spiro atoms. The van der Waals surface area contributed by atoms with E-state index < -0.39 is 17.1 Å². The van der Waals surface area contributed by atoms with Crippen LogP contribution in [0.15, 0.2) is 71.6 Å². The van der Waals surface area contributed by atoms with Gasteiger partial charge in [0.1, 0.15) is 5.75 Å². The maximum Gasteiger partial charge on any atom is 0.343 e. The highest BCUT2D eigenvalue weighted by molar-refractivity contribution is 8.18. The molecular weight excluding hydrogens is 505 g/mol. The molecule has 2 amide bonds. The maximum atomic E-state index is 12.9. The number of esters is 1. The monoisotopic (exact) mass is 517 g/mol. The van der Waals surface area contributed by atoms with E-state index in [0.29, 0.717) is 31.8 Å². The molecule has 3 aromatic rings. The summed E-state index contributed by atoms with van der Waals surface area (Å²) < 4.78 is 5.52. The van der Waals surface area contributed by atoms with Crippen LogP contribution in [-0.2, 0) is 11.3 Å². The van der Waals surface area contributed by atoms with E-state index in [0.717, 1.165) is 16.7 Å². The lowest BCUT2D eigenvalue weighted by molar-refractivity contribution is -0.123. The molecule has 0 aliphatic carbocycles. The number of carbonyl (C=O) groups excluding carboxylic acids is 3. The SMILES string of the molecule is O=C(Oc1ccccc1/C=C1\SC(=O)N(Cc2ccc(Cl)c(Cl)c2)C1=O)c1ccc(Cl)cc1. The third-order valence-electron chi connectivity index (χ3n) is 4.69. The number of para-hydroxylation sites is 1. The highest BCUT2D eigenvalue weighted by Gasteiger charge is 2.35. The Morgan fingerprint density at radius 2 is 1.67 bits per heavy atom. The van der Waals surface area contributed by atoms with Gasteiger partial charge in [-0.1, -0.05) is 59.1 Å². The molecule has 4 rings (SSSR count). The van der Waals surface area contributed by atoms with Crippen LogP contribution in [0.25, 0.3) is 6.08 Å². The van der Waals surface area contributed by atoms with E-state index >= 15 is 0 Å². The van der Waals surface area contributed by atoms with Crippen LogP contribution in [0.4, 0.5) is 4.79 Å². The first kappa shape index (κ1) is 23.4. The predicted molar refractivity (Wildman–Crippen MR) is 131 cm³/mol. The van der Waals surface area contributed by atoms with Crippen molar-refractivity contribution >= 4 is 69.8 Å². The van der Waals surface area contributed by atoms with Crippen LogP contribution < -0.4 is 4.74 Å². The van der Waals surface area contributed by atoms with Crippen LogP contribution in [-0.4, -0.2) is 22.0 Å². The molecule has 0 radical (unpaired) electrons. The topological polar surface area (TPSA) is 63.7 Å². The molecule has 0 N–H and O–H groups in total. The molecule has 0 aromatic heterocycles. The summed E-state index contributed by atoms with van der Waals surface area (Å²) in [6.07, 6.45) is 1.53. The number of halogens is 3. The fourth-order valence-electron chi connectivity index (χ4n) is 3.04. The van der Waals surface area contributed by atoms with Crippen molar-refractivity contribution in [2.24, 2.45) is 0 Å². The summed E-state index contributed by atoms with van der Waals surface area (Å²) in [5.41, 5.74) is 1.49. The second-order valence-corrected chi connectivity index (χ2v) is 9.19.